The van der Waals surface area contributed by atoms with Crippen LogP contribution in [0.4, 0.5) is 18.9 Å². The number of carbonyl (C=O) groups excluding carboxylic acids is 2. The second kappa shape index (κ2) is 13.8. The zero-order valence-corrected chi connectivity index (χ0v) is 23.9. The highest BCUT2D eigenvalue weighted by Gasteiger charge is 2.44. The van der Waals surface area contributed by atoms with Crippen molar-refractivity contribution in [3.8, 4) is 0 Å². The number of alkyl halides is 3. The van der Waals surface area contributed by atoms with Gasteiger partial charge in [0, 0.05) is 29.7 Å². The highest BCUT2D eigenvalue weighted by Crippen LogP contribution is 2.49. The average Bonchev–Trinajstić information content (AvgIpc) is 3.66. The van der Waals surface area contributed by atoms with Crippen molar-refractivity contribution >= 4 is 51.0 Å². The molecular formula is C25H29ClF3N7O5S. The number of anilines is 1. The maximum atomic E-state index is 12.5. The molecule has 2 amide bonds. The standard InChI is InChI=1S/C25H29ClF3N7O5S/c1-16(37)36-42(39,40)13-12-31-21(38)17-2-8-20(9-3-17)33-23(32-15-41-14-25(27,28)29)34-22(30)35-24(10-11-24)18-4-6-19(26)7-5-18/h2-9H,10-15H2,1H3,(H,31,38)(H,36,37)(H4,30,32,33,34,35). The molecule has 12 nitrogen and oxygen atoms in total. The number of hydrogen-bond acceptors (Lipinski definition) is 7. The molecule has 0 heterocycles. The SMILES string of the molecule is CC(=O)NS(=O)(=O)CCNC(=O)c1ccc(NC(=NCOCC(F)(F)F)NC(N)=NC2(c3ccc(Cl)cc3)CC2)cc1. The minimum Gasteiger partial charge on any atom is -0.370 e. The molecule has 1 saturated carbocycles. The number of nitrogens with zero attached hydrogens (tertiary/aromatic N) is 2. The van der Waals surface area contributed by atoms with Crippen LogP contribution in [0, 0.1) is 0 Å². The lowest BCUT2D eigenvalue weighted by Gasteiger charge is -2.16. The van der Waals surface area contributed by atoms with Crippen LogP contribution in [-0.4, -0.2) is 64.0 Å². The Hall–Kier alpha value is -3.89. The van der Waals surface area contributed by atoms with Crippen molar-refractivity contribution in [1.82, 2.24) is 15.4 Å². The Labute approximate surface area is 245 Å². The van der Waals surface area contributed by atoms with Crippen molar-refractivity contribution < 1.29 is 35.9 Å². The Bertz CT molecular complexity index is 1430. The number of aliphatic imine (C=N–C) groups is 2. The van der Waals surface area contributed by atoms with E-state index in [0.29, 0.717) is 10.7 Å². The predicted molar refractivity (Wildman–Crippen MR) is 151 cm³/mol. The molecule has 0 unspecified atom stereocenters. The number of guanidine groups is 2. The van der Waals surface area contributed by atoms with Crippen LogP contribution in [0.25, 0.3) is 0 Å². The van der Waals surface area contributed by atoms with E-state index in [1.54, 1.807) is 16.9 Å². The van der Waals surface area contributed by atoms with Gasteiger partial charge in [-0.25, -0.2) is 18.4 Å². The fourth-order valence-corrected chi connectivity index (χ4v) is 4.65. The van der Waals surface area contributed by atoms with Crippen molar-refractivity contribution in [1.29, 1.82) is 0 Å². The van der Waals surface area contributed by atoms with Gasteiger partial charge in [0.15, 0.2) is 5.96 Å². The van der Waals surface area contributed by atoms with Gasteiger partial charge in [-0.15, -0.1) is 0 Å². The number of hydrogen-bond donors (Lipinski definition) is 5. The minimum atomic E-state index is -4.53. The van der Waals surface area contributed by atoms with Crippen LogP contribution in [0.1, 0.15) is 35.7 Å². The summed E-state index contributed by atoms with van der Waals surface area (Å²) in [6, 6.07) is 13.0. The van der Waals surface area contributed by atoms with Crippen molar-refractivity contribution in [2.45, 2.75) is 31.5 Å². The number of amides is 2. The van der Waals surface area contributed by atoms with Crippen LogP contribution >= 0.6 is 11.6 Å². The van der Waals surface area contributed by atoms with Crippen LogP contribution in [0.5, 0.6) is 0 Å². The van der Waals surface area contributed by atoms with Gasteiger partial charge in [0.05, 0.1) is 11.3 Å². The van der Waals surface area contributed by atoms with E-state index in [1.807, 2.05) is 12.1 Å². The number of sulfonamides is 1. The van der Waals surface area contributed by atoms with Crippen molar-refractivity contribution in [3.05, 3.63) is 64.7 Å². The molecule has 2 aromatic rings. The van der Waals surface area contributed by atoms with Crippen molar-refractivity contribution in [2.24, 2.45) is 15.7 Å². The van der Waals surface area contributed by atoms with Gasteiger partial charge in [-0.1, -0.05) is 23.7 Å². The summed E-state index contributed by atoms with van der Waals surface area (Å²) in [6.07, 6.45) is -3.07. The first-order chi connectivity index (χ1) is 19.7. The molecule has 0 saturated heterocycles. The summed E-state index contributed by atoms with van der Waals surface area (Å²) in [4.78, 5) is 31.8. The number of ether oxygens (including phenoxy) is 1. The molecule has 0 atom stereocenters. The van der Waals surface area contributed by atoms with E-state index < -0.39 is 52.6 Å². The third-order valence-electron chi connectivity index (χ3n) is 5.63. The topological polar surface area (TPSA) is 176 Å². The van der Waals surface area contributed by atoms with Gasteiger partial charge < -0.3 is 21.1 Å². The lowest BCUT2D eigenvalue weighted by Crippen LogP contribution is -2.42. The van der Waals surface area contributed by atoms with Crippen LogP contribution in [-0.2, 0) is 25.1 Å². The van der Waals surface area contributed by atoms with Gasteiger partial charge in [-0.3, -0.25) is 19.6 Å². The Morgan fingerprint density at radius 3 is 2.31 bits per heavy atom. The monoisotopic (exact) mass is 631 g/mol. The highest BCUT2D eigenvalue weighted by atomic mass is 35.5. The smallest absolute Gasteiger partial charge is 0.370 e. The maximum absolute atomic E-state index is 12.5. The predicted octanol–water partition coefficient (Wildman–Crippen LogP) is 2.43. The number of benzene rings is 2. The Kier molecular flexibility index (Phi) is 10.8. The molecule has 0 aliphatic heterocycles. The van der Waals surface area contributed by atoms with Gasteiger partial charge in [0.2, 0.25) is 21.9 Å². The molecule has 0 aromatic heterocycles. The highest BCUT2D eigenvalue weighted by molar-refractivity contribution is 7.90. The molecule has 42 heavy (non-hydrogen) atoms. The number of halogens is 4. The van der Waals surface area contributed by atoms with Gasteiger partial charge in [-0.05, 0) is 54.8 Å². The summed E-state index contributed by atoms with van der Waals surface area (Å²) in [5, 5.41) is 8.60. The summed E-state index contributed by atoms with van der Waals surface area (Å²) >= 11 is 5.97. The van der Waals surface area contributed by atoms with Gasteiger partial charge in [0.25, 0.3) is 5.91 Å². The van der Waals surface area contributed by atoms with Crippen LogP contribution < -0.4 is 26.4 Å². The molecule has 1 aliphatic carbocycles. The lowest BCUT2D eigenvalue weighted by molar-refractivity contribution is -0.173. The molecule has 2 aromatic carbocycles. The summed E-state index contributed by atoms with van der Waals surface area (Å²) in [6.45, 7) is -1.33. The summed E-state index contributed by atoms with van der Waals surface area (Å²) in [5.74, 6) is -1.92. The second-order valence-electron chi connectivity index (χ2n) is 9.20. The van der Waals surface area contributed by atoms with Crippen molar-refractivity contribution in [3.63, 3.8) is 0 Å². The molecule has 6 N–H and O–H groups in total. The average molecular weight is 632 g/mol. The third kappa shape index (κ3) is 10.8. The van der Waals surface area contributed by atoms with Crippen LogP contribution in [0.15, 0.2) is 58.5 Å². The Morgan fingerprint density at radius 1 is 1.10 bits per heavy atom. The van der Waals surface area contributed by atoms with Crippen LogP contribution in [0.2, 0.25) is 5.02 Å². The molecule has 228 valence electrons. The number of rotatable bonds is 11. The molecular weight excluding hydrogens is 603 g/mol. The summed E-state index contributed by atoms with van der Waals surface area (Å²) in [7, 11) is -3.87. The molecule has 17 heteroatoms. The van der Waals surface area contributed by atoms with Crippen LogP contribution in [0.3, 0.4) is 0 Å². The molecule has 0 bridgehead atoms. The van der Waals surface area contributed by atoms with Gasteiger partial charge in [-0.2, -0.15) is 13.2 Å². The fourth-order valence-electron chi connectivity index (χ4n) is 3.62. The lowest BCUT2D eigenvalue weighted by atomic mass is 10.1. The quantitative estimate of drug-likeness (QED) is 0.143. The zero-order chi connectivity index (χ0) is 31.0. The third-order valence-corrected chi connectivity index (χ3v) is 7.22. The molecule has 1 aliphatic rings. The molecule has 1 fully saturated rings. The van der Waals surface area contributed by atoms with E-state index >= 15 is 0 Å². The molecule has 0 radical (unpaired) electrons. The molecule has 0 spiro atoms. The van der Waals surface area contributed by atoms with E-state index in [9.17, 15) is 31.2 Å². The van der Waals surface area contributed by atoms with E-state index in [1.165, 1.54) is 24.3 Å². The van der Waals surface area contributed by atoms with Gasteiger partial charge in [0.1, 0.15) is 13.3 Å². The second-order valence-corrected chi connectivity index (χ2v) is 11.5. The van der Waals surface area contributed by atoms with Crippen molar-refractivity contribution in [2.75, 3.05) is 31.0 Å². The Balaban J connectivity index is 1.66. The Morgan fingerprint density at radius 2 is 1.74 bits per heavy atom. The van der Waals surface area contributed by atoms with Gasteiger partial charge >= 0.3 is 6.18 Å². The first-order valence-corrected chi connectivity index (χ1v) is 14.4. The summed E-state index contributed by atoms with van der Waals surface area (Å²) in [5.41, 5.74) is 7.03. The van der Waals surface area contributed by atoms with E-state index in [-0.39, 0.29) is 24.0 Å². The largest absolute Gasteiger partial charge is 0.411 e. The van der Waals surface area contributed by atoms with E-state index in [2.05, 4.69) is 30.7 Å². The number of nitrogens with one attached hydrogen (secondary N) is 4. The zero-order valence-electron chi connectivity index (χ0n) is 22.3. The van der Waals surface area contributed by atoms with E-state index in [0.717, 1.165) is 25.3 Å². The fraction of sp³-hybridized carbons (Fsp3) is 0.360. The first kappa shape index (κ1) is 32.6. The molecule has 3 rings (SSSR count). The maximum Gasteiger partial charge on any atom is 0.411 e. The summed E-state index contributed by atoms with van der Waals surface area (Å²) < 4.78 is 67.2. The van der Waals surface area contributed by atoms with E-state index in [4.69, 9.17) is 17.3 Å². The normalized spacial score (nSPS) is 15.1. The minimum absolute atomic E-state index is 0.0465. The number of nitrogens with two attached hydrogens (primary N) is 1. The number of carbonyl (C=O) groups is 2. The first-order valence-electron chi connectivity index (χ1n) is 12.4.